The number of hydrogen-bond donors (Lipinski definition) is 8. The zero-order chi connectivity index (χ0) is 19.4. The highest BCUT2D eigenvalue weighted by molar-refractivity contribution is 5.92. The van der Waals surface area contributed by atoms with Gasteiger partial charge in [-0.05, 0) is 0 Å². The Balaban J connectivity index is 4.36. The molecule has 0 spiro atoms. The van der Waals surface area contributed by atoms with Gasteiger partial charge < -0.3 is 42.3 Å². The molecule has 0 saturated carbocycles. The molecule has 0 aromatic carbocycles. The molecule has 0 aromatic rings. The molecule has 13 nitrogen and oxygen atoms in total. The van der Waals surface area contributed by atoms with Crippen LogP contribution in [0.15, 0.2) is 0 Å². The van der Waals surface area contributed by atoms with E-state index in [1.165, 1.54) is 0 Å². The zero-order valence-corrected chi connectivity index (χ0v) is 13.2. The first-order valence-corrected chi connectivity index (χ1v) is 7.02. The molecule has 0 aliphatic heterocycles. The molecular formula is C12H21N5O8. The minimum absolute atomic E-state index is 0.322. The summed E-state index contributed by atoms with van der Waals surface area (Å²) in [5.74, 6) is -4.62. The largest absolute Gasteiger partial charge is 0.480 e. The second kappa shape index (κ2) is 11.7. The standard InChI is InChI=1S/C12H21N5O8/c13-1-8(20)14-2-9(21)16-6(4-18)11(23)15-3-10(22)17-7(5-19)12(24)25/h6-7,18-19H,1-5,13H2,(H,14,20)(H,15,23)(H,16,21)(H,17,22)(H,24,25)/t6-,7-/m0/s1. The Morgan fingerprint density at radius 2 is 1.28 bits per heavy atom. The second-order valence-corrected chi connectivity index (χ2v) is 4.64. The highest BCUT2D eigenvalue weighted by atomic mass is 16.4. The third-order valence-corrected chi connectivity index (χ3v) is 2.70. The average Bonchev–Trinajstić information content (AvgIpc) is 2.59. The Kier molecular flexibility index (Phi) is 10.4. The van der Waals surface area contributed by atoms with E-state index >= 15 is 0 Å². The molecule has 0 unspecified atom stereocenters. The molecule has 13 heteroatoms. The molecule has 0 aliphatic carbocycles. The Bertz CT molecular complexity index is 512. The first-order chi connectivity index (χ1) is 11.7. The van der Waals surface area contributed by atoms with Crippen molar-refractivity contribution in [2.45, 2.75) is 12.1 Å². The molecule has 4 amide bonds. The molecule has 0 radical (unpaired) electrons. The molecule has 0 aliphatic rings. The number of nitrogens with two attached hydrogens (primary N) is 1. The maximum atomic E-state index is 11.8. The quantitative estimate of drug-likeness (QED) is 0.175. The van der Waals surface area contributed by atoms with E-state index in [-0.39, 0.29) is 6.54 Å². The van der Waals surface area contributed by atoms with E-state index in [4.69, 9.17) is 21.1 Å². The summed E-state index contributed by atoms with van der Waals surface area (Å²) < 4.78 is 0. The van der Waals surface area contributed by atoms with Crippen LogP contribution in [0.5, 0.6) is 0 Å². The van der Waals surface area contributed by atoms with Gasteiger partial charge in [0, 0.05) is 0 Å². The third kappa shape index (κ3) is 9.19. The van der Waals surface area contributed by atoms with Crippen molar-refractivity contribution in [2.24, 2.45) is 5.73 Å². The Morgan fingerprint density at radius 3 is 1.72 bits per heavy atom. The smallest absolute Gasteiger partial charge is 0.328 e. The van der Waals surface area contributed by atoms with Gasteiger partial charge >= 0.3 is 5.97 Å². The van der Waals surface area contributed by atoms with Crippen LogP contribution in [0.2, 0.25) is 0 Å². The fourth-order valence-electron chi connectivity index (χ4n) is 1.41. The highest BCUT2D eigenvalue weighted by Crippen LogP contribution is 1.85. The number of carbonyl (C=O) groups excluding carboxylic acids is 4. The van der Waals surface area contributed by atoms with Crippen molar-refractivity contribution in [1.29, 1.82) is 0 Å². The maximum absolute atomic E-state index is 11.8. The lowest BCUT2D eigenvalue weighted by molar-refractivity contribution is -0.142. The number of amides is 4. The van der Waals surface area contributed by atoms with Crippen molar-refractivity contribution in [3.8, 4) is 0 Å². The average molecular weight is 363 g/mol. The van der Waals surface area contributed by atoms with Crippen LogP contribution in [-0.4, -0.2) is 89.8 Å². The van der Waals surface area contributed by atoms with Crippen LogP contribution in [0, 0.1) is 0 Å². The van der Waals surface area contributed by atoms with Crippen LogP contribution in [0.4, 0.5) is 0 Å². The van der Waals surface area contributed by atoms with E-state index in [0.717, 1.165) is 0 Å². The summed E-state index contributed by atoms with van der Waals surface area (Å²) in [6, 6.07) is -2.91. The first-order valence-electron chi connectivity index (χ1n) is 7.02. The van der Waals surface area contributed by atoms with Gasteiger partial charge in [-0.2, -0.15) is 0 Å². The molecule has 2 atom stereocenters. The predicted octanol–water partition coefficient (Wildman–Crippen LogP) is -5.78. The monoisotopic (exact) mass is 363 g/mol. The number of carboxylic acid groups (broad SMARTS) is 1. The highest BCUT2D eigenvalue weighted by Gasteiger charge is 2.22. The molecule has 0 saturated heterocycles. The van der Waals surface area contributed by atoms with Crippen LogP contribution in [0.3, 0.4) is 0 Å². The van der Waals surface area contributed by atoms with Crippen molar-refractivity contribution >= 4 is 29.6 Å². The number of nitrogens with one attached hydrogen (secondary N) is 4. The van der Waals surface area contributed by atoms with Gasteiger partial charge in [-0.25, -0.2) is 4.79 Å². The summed E-state index contributed by atoms with van der Waals surface area (Å²) in [5, 5.41) is 34.8. The lowest BCUT2D eigenvalue weighted by atomic mass is 10.2. The van der Waals surface area contributed by atoms with Crippen molar-refractivity contribution in [1.82, 2.24) is 21.3 Å². The summed E-state index contributed by atoms with van der Waals surface area (Å²) in [6.45, 7) is -3.04. The number of aliphatic hydroxyl groups is 2. The summed E-state index contributed by atoms with van der Waals surface area (Å²) >= 11 is 0. The third-order valence-electron chi connectivity index (χ3n) is 2.70. The molecule has 0 fully saturated rings. The van der Waals surface area contributed by atoms with Crippen LogP contribution in [0.1, 0.15) is 0 Å². The molecule has 9 N–H and O–H groups in total. The summed E-state index contributed by atoms with van der Waals surface area (Å²) in [5.41, 5.74) is 5.03. The van der Waals surface area contributed by atoms with Gasteiger partial charge in [0.05, 0.1) is 32.8 Å². The minimum atomic E-state index is -1.52. The normalized spacial score (nSPS) is 12.4. The number of hydrogen-bond acceptors (Lipinski definition) is 8. The predicted molar refractivity (Wildman–Crippen MR) is 80.7 cm³/mol. The summed E-state index contributed by atoms with van der Waals surface area (Å²) in [6.07, 6.45) is 0. The molecule has 25 heavy (non-hydrogen) atoms. The Hall–Kier alpha value is -2.77. The SMILES string of the molecule is NCC(=O)NCC(=O)N[C@@H](CO)C(=O)NCC(=O)N[C@@H](CO)C(=O)O. The van der Waals surface area contributed by atoms with Crippen molar-refractivity contribution in [2.75, 3.05) is 32.8 Å². The van der Waals surface area contributed by atoms with Gasteiger partial charge in [-0.15, -0.1) is 0 Å². The van der Waals surface area contributed by atoms with Crippen LogP contribution < -0.4 is 27.0 Å². The van der Waals surface area contributed by atoms with Crippen molar-refractivity contribution in [3.05, 3.63) is 0 Å². The van der Waals surface area contributed by atoms with E-state index < -0.39 is 68.0 Å². The number of carbonyl (C=O) groups is 5. The van der Waals surface area contributed by atoms with E-state index in [1.807, 2.05) is 5.32 Å². The topological polar surface area (TPSA) is 220 Å². The molecule has 0 bridgehead atoms. The Morgan fingerprint density at radius 1 is 0.800 bits per heavy atom. The minimum Gasteiger partial charge on any atom is -0.480 e. The van der Waals surface area contributed by atoms with Gasteiger partial charge in [0.1, 0.15) is 12.1 Å². The van der Waals surface area contributed by atoms with Crippen molar-refractivity contribution < 1.29 is 39.3 Å². The van der Waals surface area contributed by atoms with Gasteiger partial charge in [0.25, 0.3) is 0 Å². The van der Waals surface area contributed by atoms with Crippen LogP contribution >= 0.6 is 0 Å². The van der Waals surface area contributed by atoms with E-state index in [0.29, 0.717) is 0 Å². The van der Waals surface area contributed by atoms with Gasteiger partial charge in [0.15, 0.2) is 0 Å². The fraction of sp³-hybridized carbons (Fsp3) is 0.583. The zero-order valence-electron chi connectivity index (χ0n) is 13.2. The Labute approximate surface area is 141 Å². The number of aliphatic carboxylic acids is 1. The van der Waals surface area contributed by atoms with Gasteiger partial charge in [-0.1, -0.05) is 0 Å². The molecule has 0 aromatic heterocycles. The van der Waals surface area contributed by atoms with E-state index in [2.05, 4.69) is 16.0 Å². The van der Waals surface area contributed by atoms with Gasteiger partial charge in [0.2, 0.25) is 23.6 Å². The number of aliphatic hydroxyl groups excluding tert-OH is 2. The number of carboxylic acids is 1. The van der Waals surface area contributed by atoms with E-state index in [9.17, 15) is 24.0 Å². The fourth-order valence-corrected chi connectivity index (χ4v) is 1.41. The lowest BCUT2D eigenvalue weighted by Gasteiger charge is -2.17. The first kappa shape index (κ1) is 22.2. The van der Waals surface area contributed by atoms with Crippen LogP contribution in [0.25, 0.3) is 0 Å². The van der Waals surface area contributed by atoms with Gasteiger partial charge in [-0.3, -0.25) is 19.2 Å². The molecular weight excluding hydrogens is 342 g/mol. The van der Waals surface area contributed by atoms with E-state index in [1.54, 1.807) is 0 Å². The van der Waals surface area contributed by atoms with Crippen LogP contribution in [-0.2, 0) is 24.0 Å². The maximum Gasteiger partial charge on any atom is 0.328 e. The molecule has 0 rings (SSSR count). The summed E-state index contributed by atoms with van der Waals surface area (Å²) in [7, 11) is 0. The second-order valence-electron chi connectivity index (χ2n) is 4.64. The number of rotatable bonds is 11. The van der Waals surface area contributed by atoms with Crippen molar-refractivity contribution in [3.63, 3.8) is 0 Å². The lowest BCUT2D eigenvalue weighted by Crippen LogP contribution is -2.53. The molecule has 142 valence electrons. The summed E-state index contributed by atoms with van der Waals surface area (Å²) in [4.78, 5) is 56.2. The molecule has 0 heterocycles.